The highest BCUT2D eigenvalue weighted by Crippen LogP contribution is 2.34. The number of hydrogen-bond donors (Lipinski definition) is 1. The Labute approximate surface area is 200 Å². The molecule has 0 spiro atoms. The second kappa shape index (κ2) is 9.44. The molecule has 9 heteroatoms. The number of benzene rings is 1. The first-order valence-electron chi connectivity index (χ1n) is 10.1. The van der Waals surface area contributed by atoms with Crippen molar-refractivity contribution in [1.29, 1.82) is 0 Å². The van der Waals surface area contributed by atoms with Crippen LogP contribution in [0.3, 0.4) is 0 Å². The average molecular weight is 485 g/mol. The number of nitrogens with one attached hydrogen (secondary N) is 1. The van der Waals surface area contributed by atoms with E-state index in [0.717, 1.165) is 5.56 Å². The van der Waals surface area contributed by atoms with Gasteiger partial charge in [0.15, 0.2) is 0 Å². The molecule has 32 heavy (non-hydrogen) atoms. The molecule has 1 N–H and O–H groups in total. The largest absolute Gasteiger partial charge is 0.369 e. The maximum atomic E-state index is 13.2. The van der Waals surface area contributed by atoms with Gasteiger partial charge in [0.25, 0.3) is 11.5 Å². The third kappa shape index (κ3) is 4.57. The van der Waals surface area contributed by atoms with E-state index in [4.69, 9.17) is 23.8 Å². The number of aromatic nitrogens is 2. The van der Waals surface area contributed by atoms with Crippen molar-refractivity contribution in [3.8, 4) is 0 Å². The summed E-state index contributed by atoms with van der Waals surface area (Å²) in [4.78, 5) is 32.9. The SMILES string of the molecule is CC(C)CNc1nc2ccccn2c(=O)c1/C=C1\SC(=S)N(Cc2ccccc2Cl)C1=O. The Balaban J connectivity index is 1.73. The van der Waals surface area contributed by atoms with Gasteiger partial charge in [0.2, 0.25) is 0 Å². The van der Waals surface area contributed by atoms with Crippen LogP contribution in [0.25, 0.3) is 11.7 Å². The minimum atomic E-state index is -0.257. The molecule has 3 heterocycles. The lowest BCUT2D eigenvalue weighted by Crippen LogP contribution is -2.27. The van der Waals surface area contributed by atoms with Crippen LogP contribution in [0.15, 0.2) is 58.4 Å². The van der Waals surface area contributed by atoms with Crippen molar-refractivity contribution in [1.82, 2.24) is 14.3 Å². The predicted octanol–water partition coefficient (Wildman–Crippen LogP) is 4.82. The summed E-state index contributed by atoms with van der Waals surface area (Å²) in [7, 11) is 0. The Morgan fingerprint density at radius 1 is 1.19 bits per heavy atom. The smallest absolute Gasteiger partial charge is 0.267 e. The lowest BCUT2D eigenvalue weighted by Gasteiger charge is -2.15. The number of thiocarbonyl (C=S) groups is 1. The van der Waals surface area contributed by atoms with Gasteiger partial charge in [0, 0.05) is 17.8 Å². The third-order valence-corrected chi connectivity index (χ3v) is 6.63. The molecule has 3 aromatic rings. The molecule has 0 saturated carbocycles. The van der Waals surface area contributed by atoms with Crippen molar-refractivity contribution in [2.75, 3.05) is 11.9 Å². The van der Waals surface area contributed by atoms with Crippen LogP contribution in [0, 0.1) is 5.92 Å². The number of carbonyl (C=O) groups excluding carboxylic acids is 1. The molecular weight excluding hydrogens is 464 g/mol. The average Bonchev–Trinajstić information content (AvgIpc) is 3.03. The zero-order valence-electron chi connectivity index (χ0n) is 17.5. The minimum absolute atomic E-state index is 0.252. The molecule has 0 bridgehead atoms. The molecular formula is C23H21ClN4O2S2. The summed E-state index contributed by atoms with van der Waals surface area (Å²) < 4.78 is 1.89. The molecule has 0 aliphatic carbocycles. The van der Waals surface area contributed by atoms with Gasteiger partial charge in [0.05, 0.1) is 17.0 Å². The van der Waals surface area contributed by atoms with Crippen LogP contribution >= 0.6 is 35.6 Å². The highest BCUT2D eigenvalue weighted by atomic mass is 35.5. The van der Waals surface area contributed by atoms with Gasteiger partial charge < -0.3 is 5.32 Å². The topological polar surface area (TPSA) is 66.7 Å². The number of amides is 1. The quantitative estimate of drug-likeness (QED) is 0.400. The van der Waals surface area contributed by atoms with Crippen molar-refractivity contribution in [2.24, 2.45) is 5.92 Å². The molecule has 0 radical (unpaired) electrons. The van der Waals surface area contributed by atoms with Gasteiger partial charge in [-0.3, -0.25) is 18.9 Å². The van der Waals surface area contributed by atoms with Crippen LogP contribution in [-0.2, 0) is 11.3 Å². The van der Waals surface area contributed by atoms with Gasteiger partial charge in [-0.25, -0.2) is 4.98 Å². The minimum Gasteiger partial charge on any atom is -0.369 e. The maximum Gasteiger partial charge on any atom is 0.267 e. The number of anilines is 1. The fourth-order valence-electron chi connectivity index (χ4n) is 3.23. The molecule has 1 aliphatic rings. The number of halogens is 1. The van der Waals surface area contributed by atoms with Crippen molar-refractivity contribution in [3.63, 3.8) is 0 Å². The van der Waals surface area contributed by atoms with E-state index in [1.807, 2.05) is 24.3 Å². The van der Waals surface area contributed by atoms with Gasteiger partial charge in [0.1, 0.15) is 15.8 Å². The summed E-state index contributed by atoms with van der Waals surface area (Å²) in [5.41, 5.74) is 1.41. The number of fused-ring (bicyclic) bond motifs is 1. The number of pyridine rings is 1. The Morgan fingerprint density at radius 3 is 2.69 bits per heavy atom. The van der Waals surface area contributed by atoms with E-state index in [0.29, 0.717) is 43.7 Å². The van der Waals surface area contributed by atoms with E-state index in [1.54, 1.807) is 30.5 Å². The van der Waals surface area contributed by atoms with E-state index in [-0.39, 0.29) is 18.0 Å². The molecule has 2 aromatic heterocycles. The van der Waals surface area contributed by atoms with E-state index in [2.05, 4.69) is 24.1 Å². The molecule has 1 saturated heterocycles. The van der Waals surface area contributed by atoms with Gasteiger partial charge in [-0.1, -0.05) is 73.7 Å². The number of carbonyl (C=O) groups is 1. The first-order valence-corrected chi connectivity index (χ1v) is 11.7. The van der Waals surface area contributed by atoms with Crippen LogP contribution in [0.5, 0.6) is 0 Å². The Morgan fingerprint density at radius 2 is 1.94 bits per heavy atom. The molecule has 4 rings (SSSR count). The zero-order valence-corrected chi connectivity index (χ0v) is 19.9. The summed E-state index contributed by atoms with van der Waals surface area (Å²) in [6, 6.07) is 12.7. The fourth-order valence-corrected chi connectivity index (χ4v) is 4.67. The molecule has 6 nitrogen and oxygen atoms in total. The van der Waals surface area contributed by atoms with Crippen LogP contribution in [0.1, 0.15) is 25.0 Å². The summed E-state index contributed by atoms with van der Waals surface area (Å²) in [5.74, 6) is 0.547. The van der Waals surface area contributed by atoms with E-state index in [1.165, 1.54) is 21.1 Å². The molecule has 1 fully saturated rings. The first kappa shape index (κ1) is 22.5. The Bertz CT molecular complexity index is 1300. The van der Waals surface area contributed by atoms with Gasteiger partial charge in [-0.05, 0) is 35.8 Å². The predicted molar refractivity (Wildman–Crippen MR) is 135 cm³/mol. The van der Waals surface area contributed by atoms with Crippen LogP contribution < -0.4 is 10.9 Å². The van der Waals surface area contributed by atoms with E-state index in [9.17, 15) is 9.59 Å². The number of rotatable bonds is 6. The van der Waals surface area contributed by atoms with Crippen molar-refractivity contribution in [3.05, 3.63) is 80.1 Å². The van der Waals surface area contributed by atoms with Gasteiger partial charge in [-0.15, -0.1) is 0 Å². The van der Waals surface area contributed by atoms with Crippen LogP contribution in [-0.4, -0.2) is 31.1 Å². The number of hydrogen-bond acceptors (Lipinski definition) is 6. The zero-order chi connectivity index (χ0) is 22.8. The molecule has 0 unspecified atom stereocenters. The summed E-state index contributed by atoms with van der Waals surface area (Å²) in [5, 5.41) is 3.82. The molecule has 1 amide bonds. The summed E-state index contributed by atoms with van der Waals surface area (Å²) >= 11 is 12.9. The normalized spacial score (nSPS) is 15.4. The molecule has 1 aliphatic heterocycles. The summed E-state index contributed by atoms with van der Waals surface area (Å²) in [6.45, 7) is 5.06. The van der Waals surface area contributed by atoms with Crippen LogP contribution in [0.2, 0.25) is 5.02 Å². The number of nitrogens with zero attached hydrogens (tertiary/aromatic N) is 3. The maximum absolute atomic E-state index is 13.2. The van der Waals surface area contributed by atoms with Crippen molar-refractivity contribution >= 4 is 63.3 Å². The summed E-state index contributed by atoms with van der Waals surface area (Å²) in [6.07, 6.45) is 3.25. The highest BCUT2D eigenvalue weighted by molar-refractivity contribution is 8.26. The first-order chi connectivity index (χ1) is 15.3. The fraction of sp³-hybridized carbons (Fsp3) is 0.217. The Hall–Kier alpha value is -2.68. The second-order valence-electron chi connectivity index (χ2n) is 7.74. The van der Waals surface area contributed by atoms with E-state index >= 15 is 0 Å². The number of thioether (sulfide) groups is 1. The van der Waals surface area contributed by atoms with Crippen molar-refractivity contribution in [2.45, 2.75) is 20.4 Å². The van der Waals surface area contributed by atoms with Crippen molar-refractivity contribution < 1.29 is 4.79 Å². The highest BCUT2D eigenvalue weighted by Gasteiger charge is 2.33. The monoisotopic (exact) mass is 484 g/mol. The van der Waals surface area contributed by atoms with E-state index < -0.39 is 0 Å². The lowest BCUT2D eigenvalue weighted by molar-refractivity contribution is -0.122. The molecule has 1 aromatic carbocycles. The van der Waals surface area contributed by atoms with Gasteiger partial charge >= 0.3 is 0 Å². The standard InChI is InChI=1S/C23H21ClN4O2S2/c1-14(2)12-25-20-16(21(29)27-10-6-5-9-19(27)26-20)11-18-22(30)28(23(31)32-18)13-15-7-3-4-8-17(15)24/h3-11,14,25H,12-13H2,1-2H3/b18-11-. The Kier molecular flexibility index (Phi) is 6.64. The van der Waals surface area contributed by atoms with Crippen LogP contribution in [0.4, 0.5) is 5.82 Å². The third-order valence-electron chi connectivity index (χ3n) is 4.88. The van der Waals surface area contributed by atoms with Gasteiger partial charge in [-0.2, -0.15) is 0 Å². The molecule has 0 atom stereocenters. The lowest BCUT2D eigenvalue weighted by atomic mass is 10.2. The second-order valence-corrected chi connectivity index (χ2v) is 9.83. The molecule has 164 valence electrons.